The highest BCUT2D eigenvalue weighted by atomic mass is 19.4. The Balaban J connectivity index is 1.59. The lowest BCUT2D eigenvalue weighted by Crippen LogP contribution is -2.60. The molecule has 1 heterocycles. The zero-order valence-electron chi connectivity index (χ0n) is 19.3. The number of benzene rings is 1. The number of rotatable bonds is 1. The summed E-state index contributed by atoms with van der Waals surface area (Å²) in [5.41, 5.74) is -3.37. The summed E-state index contributed by atoms with van der Waals surface area (Å²) in [5.74, 6) is 0.482. The molecule has 4 aliphatic rings. The quantitative estimate of drug-likeness (QED) is 0.375. The molecule has 186 valence electrons. The standard InChI is InChI=1S/C26H29F6NO/c1-23-11-3-4-17(23)16-6-8-21-24(2,18(16)9-12-23)13-10-22(34)33(21)20-14-15(25(27,28)29)5-7-19(20)26(30,31)32/h5,7,10,13-14,16-18,21H,3-4,6,8-9,11-12H2,1-2H3/t16-,17-,18-,21?,23-,24+/m0/s1. The summed E-state index contributed by atoms with van der Waals surface area (Å²) in [5, 5.41) is 0. The van der Waals surface area contributed by atoms with Crippen molar-refractivity contribution in [3.8, 4) is 0 Å². The minimum Gasteiger partial charge on any atom is -0.304 e. The van der Waals surface area contributed by atoms with Gasteiger partial charge in [0.15, 0.2) is 0 Å². The summed E-state index contributed by atoms with van der Waals surface area (Å²) in [6, 6.07) is 0.787. The van der Waals surface area contributed by atoms with E-state index in [9.17, 15) is 31.1 Å². The predicted molar refractivity (Wildman–Crippen MR) is 116 cm³/mol. The Hall–Kier alpha value is -1.99. The van der Waals surface area contributed by atoms with Crippen LogP contribution >= 0.6 is 0 Å². The van der Waals surface area contributed by atoms with Crippen molar-refractivity contribution >= 4 is 11.6 Å². The number of fused-ring (bicyclic) bond motifs is 5. The number of anilines is 1. The highest BCUT2D eigenvalue weighted by Crippen LogP contribution is 2.64. The number of alkyl halides is 6. The molecule has 0 saturated heterocycles. The van der Waals surface area contributed by atoms with Crippen LogP contribution in [0, 0.1) is 28.6 Å². The van der Waals surface area contributed by atoms with E-state index in [-0.39, 0.29) is 5.92 Å². The Morgan fingerprint density at radius 2 is 1.65 bits per heavy atom. The van der Waals surface area contributed by atoms with Gasteiger partial charge in [0.1, 0.15) is 0 Å². The van der Waals surface area contributed by atoms with Gasteiger partial charge in [-0.2, -0.15) is 26.3 Å². The second-order valence-corrected chi connectivity index (χ2v) is 11.2. The van der Waals surface area contributed by atoms with Crippen LogP contribution in [-0.2, 0) is 17.1 Å². The predicted octanol–water partition coefficient (Wildman–Crippen LogP) is 7.63. The van der Waals surface area contributed by atoms with E-state index in [1.54, 1.807) is 0 Å². The van der Waals surface area contributed by atoms with Crippen LogP contribution in [0.3, 0.4) is 0 Å². The van der Waals surface area contributed by atoms with Crippen LogP contribution in [0.4, 0.5) is 32.0 Å². The first-order valence-electron chi connectivity index (χ1n) is 12.1. The minimum absolute atomic E-state index is 0.189. The summed E-state index contributed by atoms with van der Waals surface area (Å²) in [6.07, 6.45) is 0.174. The fourth-order valence-electron chi connectivity index (χ4n) is 7.92. The van der Waals surface area contributed by atoms with Gasteiger partial charge >= 0.3 is 12.4 Å². The van der Waals surface area contributed by atoms with Crippen molar-refractivity contribution in [2.24, 2.45) is 28.6 Å². The number of hydrogen-bond donors (Lipinski definition) is 0. The van der Waals surface area contributed by atoms with Gasteiger partial charge in [0.25, 0.3) is 5.91 Å². The molecule has 3 fully saturated rings. The van der Waals surface area contributed by atoms with Gasteiger partial charge in [-0.05, 0) is 79.9 Å². The maximum Gasteiger partial charge on any atom is 0.418 e. The number of carbonyl (C=O) groups excluding carboxylic acids is 1. The van der Waals surface area contributed by atoms with Crippen molar-refractivity contribution in [3.05, 3.63) is 41.5 Å². The Morgan fingerprint density at radius 3 is 2.32 bits per heavy atom. The smallest absolute Gasteiger partial charge is 0.304 e. The molecule has 1 unspecified atom stereocenters. The highest BCUT2D eigenvalue weighted by Gasteiger charge is 2.59. The molecule has 6 atom stereocenters. The second-order valence-electron chi connectivity index (χ2n) is 11.2. The van der Waals surface area contributed by atoms with Crippen molar-refractivity contribution in [2.45, 2.75) is 77.2 Å². The lowest BCUT2D eigenvalue weighted by molar-refractivity contribution is -0.141. The molecule has 2 nitrogen and oxygen atoms in total. The summed E-state index contributed by atoms with van der Waals surface area (Å²) in [4.78, 5) is 14.0. The minimum atomic E-state index is -4.88. The maximum atomic E-state index is 13.9. The van der Waals surface area contributed by atoms with Gasteiger partial charge in [-0.25, -0.2) is 0 Å². The van der Waals surface area contributed by atoms with Crippen LogP contribution in [0.2, 0.25) is 0 Å². The number of hydrogen-bond acceptors (Lipinski definition) is 1. The Morgan fingerprint density at radius 1 is 0.912 bits per heavy atom. The van der Waals surface area contributed by atoms with Gasteiger partial charge in [-0.1, -0.05) is 26.3 Å². The highest BCUT2D eigenvalue weighted by molar-refractivity contribution is 6.04. The van der Waals surface area contributed by atoms with E-state index < -0.39 is 46.5 Å². The molecule has 0 radical (unpaired) electrons. The third-order valence-electron chi connectivity index (χ3n) is 9.53. The van der Waals surface area contributed by atoms with Gasteiger partial charge < -0.3 is 4.90 Å². The Bertz CT molecular complexity index is 1030. The molecule has 1 aliphatic heterocycles. The summed E-state index contributed by atoms with van der Waals surface area (Å²) < 4.78 is 82.1. The van der Waals surface area contributed by atoms with Crippen LogP contribution in [0.15, 0.2) is 30.4 Å². The monoisotopic (exact) mass is 485 g/mol. The molecule has 0 bridgehead atoms. The van der Waals surface area contributed by atoms with E-state index in [0.717, 1.165) is 30.6 Å². The lowest BCUT2D eigenvalue weighted by Gasteiger charge is -2.60. The van der Waals surface area contributed by atoms with Gasteiger partial charge in [0.05, 0.1) is 16.8 Å². The topological polar surface area (TPSA) is 20.3 Å². The van der Waals surface area contributed by atoms with Gasteiger partial charge in [-0.3, -0.25) is 4.79 Å². The first-order chi connectivity index (χ1) is 15.8. The Kier molecular flexibility index (Phi) is 5.24. The molecule has 1 amide bonds. The summed E-state index contributed by atoms with van der Waals surface area (Å²) in [6.45, 7) is 4.34. The van der Waals surface area contributed by atoms with E-state index in [4.69, 9.17) is 0 Å². The fraction of sp³-hybridized carbons (Fsp3) is 0.654. The number of halogens is 6. The average Bonchev–Trinajstić information content (AvgIpc) is 3.14. The molecular formula is C26H29F6NO. The molecule has 1 aromatic rings. The first-order valence-corrected chi connectivity index (χ1v) is 12.1. The molecule has 3 saturated carbocycles. The zero-order valence-corrected chi connectivity index (χ0v) is 19.3. The van der Waals surface area contributed by atoms with Crippen molar-refractivity contribution in [1.82, 2.24) is 0 Å². The normalized spacial score (nSPS) is 37.9. The summed E-state index contributed by atoms with van der Waals surface area (Å²) in [7, 11) is 0. The van der Waals surface area contributed by atoms with Gasteiger partial charge in [0, 0.05) is 17.5 Å². The zero-order chi connectivity index (χ0) is 24.7. The first kappa shape index (κ1) is 23.7. The number of carbonyl (C=O) groups is 1. The van der Waals surface area contributed by atoms with Crippen molar-refractivity contribution in [2.75, 3.05) is 4.90 Å². The van der Waals surface area contributed by atoms with E-state index in [1.165, 1.54) is 18.9 Å². The van der Waals surface area contributed by atoms with Crippen LogP contribution < -0.4 is 4.90 Å². The van der Waals surface area contributed by atoms with Crippen molar-refractivity contribution in [1.29, 1.82) is 0 Å². The van der Waals surface area contributed by atoms with E-state index in [1.807, 2.05) is 13.0 Å². The molecular weight excluding hydrogens is 456 g/mol. The molecule has 5 rings (SSSR count). The van der Waals surface area contributed by atoms with Crippen LogP contribution in [0.25, 0.3) is 0 Å². The van der Waals surface area contributed by atoms with E-state index in [0.29, 0.717) is 41.9 Å². The fourth-order valence-corrected chi connectivity index (χ4v) is 7.92. The van der Waals surface area contributed by atoms with Crippen molar-refractivity contribution < 1.29 is 31.1 Å². The molecule has 0 spiro atoms. The van der Waals surface area contributed by atoms with E-state index >= 15 is 0 Å². The van der Waals surface area contributed by atoms with E-state index in [2.05, 4.69) is 6.92 Å². The largest absolute Gasteiger partial charge is 0.418 e. The third-order valence-corrected chi connectivity index (χ3v) is 9.53. The molecule has 0 aromatic heterocycles. The Labute approximate surface area is 195 Å². The maximum absolute atomic E-state index is 13.9. The van der Waals surface area contributed by atoms with Crippen LogP contribution in [0.1, 0.15) is 69.9 Å². The third kappa shape index (κ3) is 3.49. The molecule has 3 aliphatic carbocycles. The van der Waals surface area contributed by atoms with Crippen LogP contribution in [-0.4, -0.2) is 11.9 Å². The van der Waals surface area contributed by atoms with Gasteiger partial charge in [-0.15, -0.1) is 0 Å². The van der Waals surface area contributed by atoms with Gasteiger partial charge in [0.2, 0.25) is 0 Å². The number of amides is 1. The number of nitrogens with zero attached hydrogens (tertiary/aromatic N) is 1. The SMILES string of the molecule is C[C@@]12CCC[C@H]1[C@@H]1CCC3N(c4cc(C(F)(F)F)ccc4C(F)(F)F)C(=O)C=C[C@]3(C)[C@H]1CC2. The lowest BCUT2D eigenvalue weighted by atomic mass is 9.48. The molecule has 0 N–H and O–H groups in total. The van der Waals surface area contributed by atoms with Crippen molar-refractivity contribution in [3.63, 3.8) is 0 Å². The van der Waals surface area contributed by atoms with Crippen LogP contribution in [0.5, 0.6) is 0 Å². The molecule has 34 heavy (non-hydrogen) atoms. The average molecular weight is 486 g/mol. The second kappa shape index (κ2) is 7.50. The molecule has 8 heteroatoms. The molecule has 1 aromatic carbocycles. The summed E-state index contributed by atoms with van der Waals surface area (Å²) >= 11 is 0.